The van der Waals surface area contributed by atoms with Gasteiger partial charge in [0.2, 0.25) is 0 Å². The van der Waals surface area contributed by atoms with Gasteiger partial charge in [0.15, 0.2) is 0 Å². The van der Waals surface area contributed by atoms with Crippen LogP contribution in [0.15, 0.2) is 12.1 Å². The highest BCUT2D eigenvalue weighted by Gasteiger charge is 2.13. The molecule has 88 valence electrons. The molecule has 0 atom stereocenters. The van der Waals surface area contributed by atoms with Crippen molar-refractivity contribution in [3.8, 4) is 0 Å². The Kier molecular flexibility index (Phi) is 4.01. The van der Waals surface area contributed by atoms with E-state index >= 15 is 0 Å². The minimum Gasteiger partial charge on any atom is -0.399 e. The van der Waals surface area contributed by atoms with Gasteiger partial charge in [0.1, 0.15) is 0 Å². The number of nitrogen functional groups attached to an aromatic ring is 1. The lowest BCUT2D eigenvalue weighted by molar-refractivity contribution is 0.100. The summed E-state index contributed by atoms with van der Waals surface area (Å²) in [5.41, 5.74) is 12.2. The summed E-state index contributed by atoms with van der Waals surface area (Å²) in [6.45, 7) is 4.83. The molecule has 0 radical (unpaired) electrons. The Bertz CT molecular complexity index is 404. The van der Waals surface area contributed by atoms with Gasteiger partial charge in [-0.25, -0.2) is 0 Å². The van der Waals surface area contributed by atoms with E-state index in [9.17, 15) is 4.79 Å². The van der Waals surface area contributed by atoms with Crippen LogP contribution in [-0.4, -0.2) is 12.5 Å². The Morgan fingerprint density at radius 3 is 2.62 bits per heavy atom. The number of rotatable bonds is 4. The summed E-state index contributed by atoms with van der Waals surface area (Å²) in [6, 6.07) is 3.12. The molecule has 5 heteroatoms. The Morgan fingerprint density at radius 2 is 2.12 bits per heavy atom. The number of nitrogens with one attached hydrogen (secondary N) is 1. The van der Waals surface area contributed by atoms with Crippen LogP contribution in [0.3, 0.4) is 0 Å². The second kappa shape index (κ2) is 5.07. The summed E-state index contributed by atoms with van der Waals surface area (Å²) >= 11 is 6.01. The molecule has 0 spiro atoms. The number of carbonyl (C=O) groups excluding carboxylic acids is 1. The standard InChI is InChI=1S/C11H16ClN3O/c1-6(2)5-15-10-8(11(14)16)3-7(13)4-9(10)12/h3-4,6,15H,5,13H2,1-2H3,(H2,14,16). The first kappa shape index (κ1) is 12.6. The molecule has 4 nitrogen and oxygen atoms in total. The third kappa shape index (κ3) is 3.03. The number of nitrogens with two attached hydrogens (primary N) is 2. The number of hydrogen-bond donors (Lipinski definition) is 3. The van der Waals surface area contributed by atoms with Gasteiger partial charge < -0.3 is 16.8 Å². The Labute approximate surface area is 100.0 Å². The van der Waals surface area contributed by atoms with Gasteiger partial charge in [0.05, 0.1) is 16.3 Å². The van der Waals surface area contributed by atoms with Gasteiger partial charge in [-0.3, -0.25) is 4.79 Å². The molecule has 0 saturated carbocycles. The van der Waals surface area contributed by atoms with Crippen molar-refractivity contribution < 1.29 is 4.79 Å². The maximum Gasteiger partial charge on any atom is 0.250 e. The van der Waals surface area contributed by atoms with E-state index in [0.717, 1.165) is 0 Å². The van der Waals surface area contributed by atoms with Crippen LogP contribution in [0.2, 0.25) is 5.02 Å². The van der Waals surface area contributed by atoms with Crippen molar-refractivity contribution in [3.63, 3.8) is 0 Å². The van der Waals surface area contributed by atoms with Crippen molar-refractivity contribution in [2.45, 2.75) is 13.8 Å². The molecule has 1 rings (SSSR count). The van der Waals surface area contributed by atoms with E-state index in [1.165, 1.54) is 6.07 Å². The minimum atomic E-state index is -0.541. The molecule has 0 bridgehead atoms. The quantitative estimate of drug-likeness (QED) is 0.706. The molecule has 1 amide bonds. The van der Waals surface area contributed by atoms with E-state index < -0.39 is 5.91 Å². The fourth-order valence-corrected chi connectivity index (χ4v) is 1.60. The predicted molar refractivity (Wildman–Crippen MR) is 67.7 cm³/mol. The molecule has 1 aromatic rings. The predicted octanol–water partition coefficient (Wildman–Crippen LogP) is 2.09. The molecule has 0 aromatic heterocycles. The average Bonchev–Trinajstić information content (AvgIpc) is 2.14. The highest BCUT2D eigenvalue weighted by molar-refractivity contribution is 6.34. The van der Waals surface area contributed by atoms with Crippen LogP contribution in [0.5, 0.6) is 0 Å². The van der Waals surface area contributed by atoms with Gasteiger partial charge in [-0.15, -0.1) is 0 Å². The van der Waals surface area contributed by atoms with Crippen molar-refractivity contribution in [1.29, 1.82) is 0 Å². The zero-order valence-corrected chi connectivity index (χ0v) is 10.1. The number of amides is 1. The lowest BCUT2D eigenvalue weighted by Crippen LogP contribution is -2.17. The van der Waals surface area contributed by atoms with Crippen LogP contribution >= 0.6 is 11.6 Å². The first-order chi connectivity index (χ1) is 7.41. The number of carbonyl (C=O) groups is 1. The summed E-state index contributed by atoms with van der Waals surface area (Å²) in [4.78, 5) is 11.2. The second-order valence-corrected chi connectivity index (χ2v) is 4.47. The normalized spacial score (nSPS) is 10.5. The van der Waals surface area contributed by atoms with Crippen LogP contribution in [0, 0.1) is 5.92 Å². The fourth-order valence-electron chi connectivity index (χ4n) is 1.31. The van der Waals surface area contributed by atoms with Crippen molar-refractivity contribution in [1.82, 2.24) is 0 Å². The van der Waals surface area contributed by atoms with Crippen LogP contribution in [-0.2, 0) is 0 Å². The van der Waals surface area contributed by atoms with Crippen molar-refractivity contribution in [2.75, 3.05) is 17.6 Å². The van der Waals surface area contributed by atoms with Gasteiger partial charge in [-0.2, -0.15) is 0 Å². The van der Waals surface area contributed by atoms with Crippen molar-refractivity contribution >= 4 is 28.9 Å². The first-order valence-electron chi connectivity index (χ1n) is 5.04. The largest absolute Gasteiger partial charge is 0.399 e. The summed E-state index contributed by atoms with van der Waals surface area (Å²) in [7, 11) is 0. The molecule has 0 unspecified atom stereocenters. The zero-order chi connectivity index (χ0) is 12.3. The molecule has 5 N–H and O–H groups in total. The van der Waals surface area contributed by atoms with Crippen molar-refractivity contribution in [3.05, 3.63) is 22.7 Å². The second-order valence-electron chi connectivity index (χ2n) is 4.06. The van der Waals surface area contributed by atoms with Crippen molar-refractivity contribution in [2.24, 2.45) is 11.7 Å². The lowest BCUT2D eigenvalue weighted by atomic mass is 10.1. The van der Waals surface area contributed by atoms with Crippen LogP contribution < -0.4 is 16.8 Å². The number of benzene rings is 1. The molecule has 1 aromatic carbocycles. The molecule has 0 fully saturated rings. The summed E-state index contributed by atoms with van der Waals surface area (Å²) in [5.74, 6) is -0.102. The molecule has 0 aliphatic heterocycles. The third-order valence-corrected chi connectivity index (χ3v) is 2.36. The first-order valence-corrected chi connectivity index (χ1v) is 5.42. The van der Waals surface area contributed by atoms with E-state index in [1.807, 2.05) is 0 Å². The number of primary amides is 1. The fraction of sp³-hybridized carbons (Fsp3) is 0.364. The van der Waals surface area contributed by atoms with Gasteiger partial charge in [-0.05, 0) is 18.1 Å². The van der Waals surface area contributed by atoms with Gasteiger partial charge in [0, 0.05) is 12.2 Å². The maximum atomic E-state index is 11.2. The highest BCUT2D eigenvalue weighted by Crippen LogP contribution is 2.29. The van der Waals surface area contributed by atoms with E-state index in [0.29, 0.717) is 34.4 Å². The molecular weight excluding hydrogens is 226 g/mol. The summed E-state index contributed by atoms with van der Waals surface area (Å²) < 4.78 is 0. The third-order valence-electron chi connectivity index (χ3n) is 2.07. The molecule has 0 aliphatic rings. The maximum absolute atomic E-state index is 11.2. The number of anilines is 2. The molecular formula is C11H16ClN3O. The summed E-state index contributed by atoms with van der Waals surface area (Å²) in [5, 5.41) is 3.51. The van der Waals surface area contributed by atoms with E-state index in [2.05, 4.69) is 19.2 Å². The average molecular weight is 242 g/mol. The molecule has 16 heavy (non-hydrogen) atoms. The van der Waals surface area contributed by atoms with E-state index in [4.69, 9.17) is 23.1 Å². The van der Waals surface area contributed by atoms with Gasteiger partial charge >= 0.3 is 0 Å². The highest BCUT2D eigenvalue weighted by atomic mass is 35.5. The smallest absolute Gasteiger partial charge is 0.250 e. The number of hydrogen-bond acceptors (Lipinski definition) is 3. The summed E-state index contributed by atoms with van der Waals surface area (Å²) in [6.07, 6.45) is 0. The van der Waals surface area contributed by atoms with Gasteiger partial charge in [0.25, 0.3) is 5.91 Å². The number of halogens is 1. The SMILES string of the molecule is CC(C)CNc1c(Cl)cc(N)cc1C(N)=O. The zero-order valence-electron chi connectivity index (χ0n) is 9.38. The topological polar surface area (TPSA) is 81.1 Å². The van der Waals surface area contributed by atoms with Crippen LogP contribution in [0.4, 0.5) is 11.4 Å². The lowest BCUT2D eigenvalue weighted by Gasteiger charge is -2.14. The Morgan fingerprint density at radius 1 is 1.50 bits per heavy atom. The monoisotopic (exact) mass is 241 g/mol. The van der Waals surface area contributed by atoms with Gasteiger partial charge in [-0.1, -0.05) is 25.4 Å². The van der Waals surface area contributed by atoms with E-state index in [-0.39, 0.29) is 0 Å². The minimum absolute atomic E-state index is 0.325. The molecule has 0 saturated heterocycles. The van der Waals surface area contributed by atoms with E-state index in [1.54, 1.807) is 6.07 Å². The van der Waals surface area contributed by atoms with Crippen LogP contribution in [0.1, 0.15) is 24.2 Å². The Balaban J connectivity index is 3.09. The van der Waals surface area contributed by atoms with Crippen LogP contribution in [0.25, 0.3) is 0 Å². The molecule has 0 aliphatic carbocycles. The Hall–Kier alpha value is -1.42. The molecule has 0 heterocycles.